The van der Waals surface area contributed by atoms with Gasteiger partial charge < -0.3 is 14.8 Å². The molecule has 1 aromatic rings. The standard InChI is InChI=1S/C10H12BNO6S/c1-19(16,17)12-7-3-2-6-4-5-11(15)18-9(6)8(7)10(13)14/h2-3,12,15H,4-5H2,1H3,(H,13,14). The van der Waals surface area contributed by atoms with E-state index < -0.39 is 23.1 Å². The first kappa shape index (κ1) is 13.7. The van der Waals surface area contributed by atoms with E-state index in [1.54, 1.807) is 6.07 Å². The van der Waals surface area contributed by atoms with Gasteiger partial charge in [-0.3, -0.25) is 4.72 Å². The zero-order chi connectivity index (χ0) is 14.2. The molecule has 19 heavy (non-hydrogen) atoms. The van der Waals surface area contributed by atoms with Crippen LogP contribution in [0, 0.1) is 0 Å². The van der Waals surface area contributed by atoms with E-state index in [9.17, 15) is 23.3 Å². The first-order valence-electron chi connectivity index (χ1n) is 5.49. The molecule has 2 rings (SSSR count). The third-order valence-corrected chi connectivity index (χ3v) is 3.25. The first-order chi connectivity index (χ1) is 8.78. The van der Waals surface area contributed by atoms with Gasteiger partial charge in [-0.15, -0.1) is 0 Å². The summed E-state index contributed by atoms with van der Waals surface area (Å²) in [6.45, 7) is 0. The van der Waals surface area contributed by atoms with E-state index in [4.69, 9.17) is 4.65 Å². The number of carboxylic acid groups (broad SMARTS) is 1. The Morgan fingerprint density at radius 3 is 2.74 bits per heavy atom. The number of nitrogens with one attached hydrogen (secondary N) is 1. The Labute approximate surface area is 110 Å². The lowest BCUT2D eigenvalue weighted by molar-refractivity contribution is 0.0695. The maximum atomic E-state index is 11.3. The minimum atomic E-state index is -3.60. The lowest BCUT2D eigenvalue weighted by Gasteiger charge is -2.23. The van der Waals surface area contributed by atoms with E-state index in [0.29, 0.717) is 18.3 Å². The van der Waals surface area contributed by atoms with Crippen molar-refractivity contribution >= 4 is 28.8 Å². The molecule has 0 saturated heterocycles. The van der Waals surface area contributed by atoms with Crippen molar-refractivity contribution in [3.05, 3.63) is 23.3 Å². The molecule has 1 heterocycles. The lowest BCUT2D eigenvalue weighted by Crippen LogP contribution is -2.28. The third-order valence-electron chi connectivity index (χ3n) is 2.66. The van der Waals surface area contributed by atoms with Crippen molar-refractivity contribution in [1.82, 2.24) is 0 Å². The maximum Gasteiger partial charge on any atom is 0.522 e. The van der Waals surface area contributed by atoms with Gasteiger partial charge >= 0.3 is 13.1 Å². The van der Waals surface area contributed by atoms with Crippen LogP contribution in [0.3, 0.4) is 0 Å². The van der Waals surface area contributed by atoms with Crippen molar-refractivity contribution in [2.75, 3.05) is 11.0 Å². The van der Waals surface area contributed by atoms with Gasteiger partial charge in [0.05, 0.1) is 11.9 Å². The fraction of sp³-hybridized carbons (Fsp3) is 0.300. The van der Waals surface area contributed by atoms with Gasteiger partial charge in [-0.05, 0) is 24.4 Å². The smallest absolute Gasteiger partial charge is 0.522 e. The summed E-state index contributed by atoms with van der Waals surface area (Å²) in [6.07, 6.45) is 1.76. The summed E-state index contributed by atoms with van der Waals surface area (Å²) in [5.74, 6) is -1.31. The molecule has 0 aromatic heterocycles. The number of hydrogen-bond donors (Lipinski definition) is 3. The van der Waals surface area contributed by atoms with E-state index in [1.165, 1.54) is 6.07 Å². The molecule has 0 aliphatic carbocycles. The van der Waals surface area contributed by atoms with Crippen LogP contribution in [0.25, 0.3) is 0 Å². The van der Waals surface area contributed by atoms with Crippen LogP contribution in [0.2, 0.25) is 6.32 Å². The number of carbonyl (C=O) groups is 1. The Morgan fingerprint density at radius 1 is 1.47 bits per heavy atom. The number of rotatable bonds is 3. The second kappa shape index (κ2) is 4.74. The summed E-state index contributed by atoms with van der Waals surface area (Å²) in [4.78, 5) is 11.3. The van der Waals surface area contributed by atoms with Gasteiger partial charge in [0.15, 0.2) is 0 Å². The van der Waals surface area contributed by atoms with Gasteiger partial charge in [-0.1, -0.05) is 6.07 Å². The van der Waals surface area contributed by atoms with Crippen LogP contribution < -0.4 is 9.38 Å². The van der Waals surface area contributed by atoms with Gasteiger partial charge in [-0.2, -0.15) is 0 Å². The van der Waals surface area contributed by atoms with Gasteiger partial charge in [-0.25, -0.2) is 13.2 Å². The second-order valence-corrected chi connectivity index (χ2v) is 6.02. The highest BCUT2D eigenvalue weighted by Gasteiger charge is 2.29. The highest BCUT2D eigenvalue weighted by atomic mass is 32.2. The molecule has 0 radical (unpaired) electrons. The van der Waals surface area contributed by atoms with Crippen LogP contribution in [-0.2, 0) is 16.4 Å². The van der Waals surface area contributed by atoms with Gasteiger partial charge in [0, 0.05) is 0 Å². The Kier molecular flexibility index (Phi) is 3.42. The van der Waals surface area contributed by atoms with Crippen LogP contribution in [-0.4, -0.2) is 37.9 Å². The average molecular weight is 285 g/mol. The van der Waals surface area contributed by atoms with Crippen LogP contribution in [0.5, 0.6) is 5.75 Å². The highest BCUT2D eigenvalue weighted by molar-refractivity contribution is 7.92. The van der Waals surface area contributed by atoms with E-state index >= 15 is 0 Å². The predicted molar refractivity (Wildman–Crippen MR) is 69.0 cm³/mol. The van der Waals surface area contributed by atoms with Crippen molar-refractivity contribution in [2.45, 2.75) is 12.7 Å². The number of carboxylic acids is 1. The molecule has 0 fully saturated rings. The lowest BCUT2D eigenvalue weighted by atomic mass is 9.78. The quantitative estimate of drug-likeness (QED) is 0.682. The number of aromatic carboxylic acids is 1. The molecule has 102 valence electrons. The largest absolute Gasteiger partial charge is 0.535 e. The average Bonchev–Trinajstić information content (AvgIpc) is 2.25. The molecule has 1 aromatic carbocycles. The molecule has 0 spiro atoms. The molecule has 0 unspecified atom stereocenters. The van der Waals surface area contributed by atoms with Gasteiger partial charge in [0.2, 0.25) is 10.0 Å². The molecular formula is C10H12BNO6S. The number of benzene rings is 1. The molecule has 0 saturated carbocycles. The molecule has 1 aliphatic rings. The fourth-order valence-corrected chi connectivity index (χ4v) is 2.50. The first-order valence-corrected chi connectivity index (χ1v) is 7.39. The maximum absolute atomic E-state index is 11.3. The number of hydrogen-bond acceptors (Lipinski definition) is 5. The topological polar surface area (TPSA) is 113 Å². The number of sulfonamides is 1. The molecule has 3 N–H and O–H groups in total. The molecule has 0 amide bonds. The summed E-state index contributed by atoms with van der Waals surface area (Å²) >= 11 is 0. The van der Waals surface area contributed by atoms with Crippen molar-refractivity contribution in [3.8, 4) is 5.75 Å². The molecule has 9 heteroatoms. The van der Waals surface area contributed by atoms with E-state index in [0.717, 1.165) is 6.26 Å². The second-order valence-electron chi connectivity index (χ2n) is 4.27. The van der Waals surface area contributed by atoms with E-state index in [2.05, 4.69) is 4.72 Å². The van der Waals surface area contributed by atoms with Crippen molar-refractivity contribution in [2.24, 2.45) is 0 Å². The SMILES string of the molecule is CS(=O)(=O)Nc1ccc2c(c1C(=O)O)OB(O)CC2. The summed E-state index contributed by atoms with van der Waals surface area (Å²) in [5.41, 5.74) is 0.256. The summed E-state index contributed by atoms with van der Waals surface area (Å²) in [6, 6.07) is 2.96. The monoisotopic (exact) mass is 285 g/mol. The molecule has 1 aliphatic heterocycles. The van der Waals surface area contributed by atoms with Crippen LogP contribution in [0.1, 0.15) is 15.9 Å². The minimum Gasteiger partial charge on any atom is -0.535 e. The van der Waals surface area contributed by atoms with Crippen LogP contribution >= 0.6 is 0 Å². The molecule has 0 atom stereocenters. The fourth-order valence-electron chi connectivity index (χ4n) is 1.93. The summed E-state index contributed by atoms with van der Waals surface area (Å²) in [5, 5.41) is 18.6. The normalized spacial score (nSPS) is 14.5. The Morgan fingerprint density at radius 2 is 2.16 bits per heavy atom. The van der Waals surface area contributed by atoms with E-state index in [-0.39, 0.29) is 17.0 Å². The number of aryl methyl sites for hydroxylation is 1. The van der Waals surface area contributed by atoms with Crippen molar-refractivity contribution in [3.63, 3.8) is 0 Å². The zero-order valence-corrected chi connectivity index (χ0v) is 10.9. The number of fused-ring (bicyclic) bond motifs is 1. The third kappa shape index (κ3) is 2.99. The Bertz CT molecular complexity index is 629. The minimum absolute atomic E-state index is 0.0138. The zero-order valence-electron chi connectivity index (χ0n) is 10.1. The highest BCUT2D eigenvalue weighted by Crippen LogP contribution is 2.35. The predicted octanol–water partition coefficient (Wildman–Crippen LogP) is 0.172. The van der Waals surface area contributed by atoms with Gasteiger partial charge in [0.25, 0.3) is 0 Å². The van der Waals surface area contributed by atoms with E-state index in [1.807, 2.05) is 0 Å². The molecule has 7 nitrogen and oxygen atoms in total. The molecule has 0 bridgehead atoms. The van der Waals surface area contributed by atoms with Crippen LogP contribution in [0.15, 0.2) is 12.1 Å². The van der Waals surface area contributed by atoms with Crippen LogP contribution in [0.4, 0.5) is 5.69 Å². The summed E-state index contributed by atoms with van der Waals surface area (Å²) < 4.78 is 29.7. The Hall–Kier alpha value is -1.74. The Balaban J connectivity index is 2.57. The van der Waals surface area contributed by atoms with Crippen molar-refractivity contribution in [1.29, 1.82) is 0 Å². The number of anilines is 1. The molecular weight excluding hydrogens is 273 g/mol. The summed E-state index contributed by atoms with van der Waals surface area (Å²) in [7, 11) is -4.69. The van der Waals surface area contributed by atoms with Gasteiger partial charge in [0.1, 0.15) is 11.3 Å². The van der Waals surface area contributed by atoms with Crippen molar-refractivity contribution < 1.29 is 28.0 Å².